The molecule has 9 heteroatoms. The third kappa shape index (κ3) is 6.66. The largest absolute Gasteiger partial charge is 0.459 e. The van der Waals surface area contributed by atoms with Crippen molar-refractivity contribution in [3.8, 4) is 0 Å². The summed E-state index contributed by atoms with van der Waals surface area (Å²) in [5.74, 6) is -2.43. The van der Waals surface area contributed by atoms with Gasteiger partial charge in [-0.15, -0.1) is 0 Å². The van der Waals surface area contributed by atoms with Crippen molar-refractivity contribution in [1.82, 2.24) is 10.2 Å². The topological polar surface area (TPSA) is 88.9 Å². The smallest absolute Gasteiger partial charge is 0.329 e. The maximum atomic E-state index is 14.0. The van der Waals surface area contributed by atoms with E-state index in [0.717, 1.165) is 5.56 Å². The van der Waals surface area contributed by atoms with Crippen LogP contribution in [0.3, 0.4) is 0 Å². The molecule has 0 aliphatic heterocycles. The number of carbonyl (C=O) groups excluding carboxylic acids is 3. The molecule has 0 saturated carbocycles. The third-order valence-corrected chi connectivity index (χ3v) is 5.19. The second-order valence-electron chi connectivity index (χ2n) is 7.25. The van der Waals surface area contributed by atoms with Gasteiger partial charge in [0.2, 0.25) is 0 Å². The van der Waals surface area contributed by atoms with Crippen molar-refractivity contribution < 1.29 is 27.9 Å². The molecule has 3 rings (SSSR count). The SMILES string of the molecule is CN(Cc1c(F)cccc1Cl)C(=O)COC(=O)C(Cc1ccccc1)NC(=O)c1ccco1. The van der Waals surface area contributed by atoms with Crippen LogP contribution in [0.1, 0.15) is 21.7 Å². The van der Waals surface area contributed by atoms with Gasteiger partial charge >= 0.3 is 5.97 Å². The fourth-order valence-electron chi connectivity index (χ4n) is 3.03. The van der Waals surface area contributed by atoms with Gasteiger partial charge in [0.15, 0.2) is 12.4 Å². The minimum absolute atomic E-state index is 0.0402. The third-order valence-electron chi connectivity index (χ3n) is 4.84. The Hall–Kier alpha value is -3.65. The highest BCUT2D eigenvalue weighted by Crippen LogP contribution is 2.20. The molecule has 0 aliphatic rings. The normalized spacial score (nSPS) is 11.5. The second-order valence-corrected chi connectivity index (χ2v) is 7.66. The number of furan rings is 1. The number of halogens is 2. The molecule has 0 fully saturated rings. The summed E-state index contributed by atoms with van der Waals surface area (Å²) in [5, 5.41) is 2.77. The van der Waals surface area contributed by atoms with Crippen LogP contribution in [0.5, 0.6) is 0 Å². The molecule has 0 saturated heterocycles. The van der Waals surface area contributed by atoms with E-state index in [9.17, 15) is 18.8 Å². The molecule has 2 amide bonds. The standard InChI is InChI=1S/C24H22ClFN2O5/c1-28(14-17-18(25)9-5-10-19(17)26)22(29)15-33-24(31)20(13-16-7-3-2-4-8-16)27-23(30)21-11-6-12-32-21/h2-12,20H,13-15H2,1H3,(H,27,30). The van der Waals surface area contributed by atoms with E-state index in [-0.39, 0.29) is 29.3 Å². The van der Waals surface area contributed by atoms with Gasteiger partial charge in [-0.25, -0.2) is 9.18 Å². The van der Waals surface area contributed by atoms with Gasteiger partial charge in [-0.2, -0.15) is 0 Å². The number of benzene rings is 2. The Balaban J connectivity index is 1.63. The van der Waals surface area contributed by atoms with Crippen molar-refractivity contribution >= 4 is 29.4 Å². The van der Waals surface area contributed by atoms with Gasteiger partial charge in [0, 0.05) is 30.6 Å². The zero-order valence-corrected chi connectivity index (χ0v) is 18.5. The average molecular weight is 473 g/mol. The number of carbonyl (C=O) groups is 3. The molecule has 0 radical (unpaired) electrons. The Labute approximate surface area is 195 Å². The first-order valence-electron chi connectivity index (χ1n) is 10.1. The molecule has 2 aromatic carbocycles. The zero-order valence-electron chi connectivity index (χ0n) is 17.8. The van der Waals surface area contributed by atoms with E-state index >= 15 is 0 Å². The van der Waals surface area contributed by atoms with Gasteiger partial charge in [-0.05, 0) is 29.8 Å². The number of hydrogen-bond donors (Lipinski definition) is 1. The number of nitrogens with zero attached hydrogens (tertiary/aromatic N) is 1. The minimum Gasteiger partial charge on any atom is -0.459 e. The van der Waals surface area contributed by atoms with Crippen LogP contribution in [0.4, 0.5) is 4.39 Å². The molecule has 0 aliphatic carbocycles. The highest BCUT2D eigenvalue weighted by Gasteiger charge is 2.26. The first-order valence-corrected chi connectivity index (χ1v) is 10.4. The van der Waals surface area contributed by atoms with Crippen molar-refractivity contribution in [2.75, 3.05) is 13.7 Å². The predicted octanol–water partition coefficient (Wildman–Crippen LogP) is 3.62. The van der Waals surface area contributed by atoms with E-state index in [1.165, 1.54) is 42.5 Å². The summed E-state index contributed by atoms with van der Waals surface area (Å²) in [4.78, 5) is 38.8. The Morgan fingerprint density at radius 3 is 2.52 bits per heavy atom. The number of nitrogens with one attached hydrogen (secondary N) is 1. The molecule has 1 aromatic heterocycles. The lowest BCUT2D eigenvalue weighted by Gasteiger charge is -2.20. The maximum Gasteiger partial charge on any atom is 0.329 e. The van der Waals surface area contributed by atoms with Gasteiger partial charge in [0.05, 0.1) is 6.26 Å². The molecule has 3 aromatic rings. The molecule has 7 nitrogen and oxygen atoms in total. The number of likely N-dealkylation sites (N-methyl/N-ethyl adjacent to an activating group) is 1. The minimum atomic E-state index is -1.05. The maximum absolute atomic E-state index is 14.0. The molecule has 172 valence electrons. The Kier molecular flexibility index (Phi) is 8.21. The van der Waals surface area contributed by atoms with Crippen LogP contribution in [-0.4, -0.2) is 42.4 Å². The van der Waals surface area contributed by atoms with Gasteiger partial charge in [0.1, 0.15) is 11.9 Å². The van der Waals surface area contributed by atoms with Crippen LogP contribution in [-0.2, 0) is 27.3 Å². The summed E-state index contributed by atoms with van der Waals surface area (Å²) in [6, 6.07) is 15.2. The highest BCUT2D eigenvalue weighted by molar-refractivity contribution is 6.31. The lowest BCUT2D eigenvalue weighted by atomic mass is 10.1. The van der Waals surface area contributed by atoms with Crippen molar-refractivity contribution in [2.24, 2.45) is 0 Å². The van der Waals surface area contributed by atoms with Crippen molar-refractivity contribution in [3.63, 3.8) is 0 Å². The van der Waals surface area contributed by atoms with Crippen LogP contribution in [0, 0.1) is 5.82 Å². The molecule has 1 unspecified atom stereocenters. The quantitative estimate of drug-likeness (QED) is 0.480. The van der Waals surface area contributed by atoms with Crippen molar-refractivity contribution in [2.45, 2.75) is 19.0 Å². The fraction of sp³-hybridized carbons (Fsp3) is 0.208. The van der Waals surface area contributed by atoms with Crippen LogP contribution in [0.25, 0.3) is 0 Å². The van der Waals surface area contributed by atoms with E-state index in [0.29, 0.717) is 0 Å². The molecule has 1 atom stereocenters. The molecule has 1 heterocycles. The molecule has 1 N–H and O–H groups in total. The molecule has 0 spiro atoms. The van der Waals surface area contributed by atoms with Crippen molar-refractivity contribution in [1.29, 1.82) is 0 Å². The predicted molar refractivity (Wildman–Crippen MR) is 119 cm³/mol. The van der Waals surface area contributed by atoms with Crippen LogP contribution < -0.4 is 5.32 Å². The molecular weight excluding hydrogens is 451 g/mol. The van der Waals surface area contributed by atoms with Crippen LogP contribution in [0.2, 0.25) is 5.02 Å². The van der Waals surface area contributed by atoms with Crippen molar-refractivity contribution in [3.05, 3.63) is 94.7 Å². The summed E-state index contributed by atoms with van der Waals surface area (Å²) in [5.41, 5.74) is 0.950. The zero-order chi connectivity index (χ0) is 23.8. The Morgan fingerprint density at radius 2 is 1.85 bits per heavy atom. The molecule has 0 bridgehead atoms. The van der Waals surface area contributed by atoms with Gasteiger partial charge in [0.25, 0.3) is 11.8 Å². The number of ether oxygens (including phenoxy) is 1. The second kappa shape index (κ2) is 11.3. The summed E-state index contributed by atoms with van der Waals surface area (Å²) < 4.78 is 24.2. The number of amides is 2. The first kappa shape index (κ1) is 24.0. The number of hydrogen-bond acceptors (Lipinski definition) is 5. The van der Waals surface area contributed by atoms with E-state index in [4.69, 9.17) is 20.8 Å². The lowest BCUT2D eigenvalue weighted by molar-refractivity contribution is -0.153. The monoisotopic (exact) mass is 472 g/mol. The summed E-state index contributed by atoms with van der Waals surface area (Å²) >= 11 is 6.00. The molecular formula is C24H22ClFN2O5. The van der Waals surface area contributed by atoms with E-state index < -0.39 is 36.2 Å². The van der Waals surface area contributed by atoms with E-state index in [1.807, 2.05) is 6.07 Å². The summed E-state index contributed by atoms with van der Waals surface area (Å²) in [7, 11) is 1.44. The fourth-order valence-corrected chi connectivity index (χ4v) is 3.26. The summed E-state index contributed by atoms with van der Waals surface area (Å²) in [6.45, 7) is -0.673. The molecule has 33 heavy (non-hydrogen) atoms. The lowest BCUT2D eigenvalue weighted by Crippen LogP contribution is -2.44. The summed E-state index contributed by atoms with van der Waals surface area (Å²) in [6.07, 6.45) is 1.50. The Bertz CT molecular complexity index is 1090. The highest BCUT2D eigenvalue weighted by atomic mass is 35.5. The van der Waals surface area contributed by atoms with Gasteiger partial charge in [-0.1, -0.05) is 48.0 Å². The first-order chi connectivity index (χ1) is 15.8. The Morgan fingerprint density at radius 1 is 1.09 bits per heavy atom. The van der Waals surface area contributed by atoms with Gasteiger partial charge < -0.3 is 19.4 Å². The van der Waals surface area contributed by atoms with Gasteiger partial charge in [-0.3, -0.25) is 9.59 Å². The number of rotatable bonds is 9. The van der Waals surface area contributed by atoms with E-state index in [1.54, 1.807) is 30.3 Å². The van der Waals surface area contributed by atoms with E-state index in [2.05, 4.69) is 5.32 Å². The van der Waals surface area contributed by atoms with Crippen LogP contribution in [0.15, 0.2) is 71.3 Å². The van der Waals surface area contributed by atoms with Crippen LogP contribution >= 0.6 is 11.6 Å². The average Bonchev–Trinajstić information content (AvgIpc) is 3.35. The number of esters is 1.